The van der Waals surface area contributed by atoms with Crippen molar-refractivity contribution in [2.75, 3.05) is 13.1 Å². The van der Waals surface area contributed by atoms with Crippen LogP contribution in [0.1, 0.15) is 90.4 Å². The maximum atomic E-state index is 13.0. The molecule has 0 spiro atoms. The number of hydrogen-bond donors (Lipinski definition) is 3. The molecule has 7 nitrogen and oxygen atoms in total. The van der Waals surface area contributed by atoms with Gasteiger partial charge >= 0.3 is 5.97 Å². The van der Waals surface area contributed by atoms with Gasteiger partial charge in [0.2, 0.25) is 5.96 Å². The van der Waals surface area contributed by atoms with E-state index >= 15 is 0 Å². The number of Topliss-reactive ketones (excluding diaryl/α,β-unsaturated/α-hetero) is 1. The molecule has 3 N–H and O–H groups in total. The van der Waals surface area contributed by atoms with Crippen molar-refractivity contribution in [3.05, 3.63) is 22.8 Å². The summed E-state index contributed by atoms with van der Waals surface area (Å²) in [4.78, 5) is 28.4. The third-order valence-corrected chi connectivity index (χ3v) is 9.21. The first-order chi connectivity index (χ1) is 17.0. The molecule has 5 rings (SSSR count). The zero-order valence-electron chi connectivity index (χ0n) is 21.1. The third kappa shape index (κ3) is 4.96. The summed E-state index contributed by atoms with van der Waals surface area (Å²) in [6, 6.07) is 0. The number of nitrogens with one attached hydrogen (secondary N) is 2. The molecule has 0 bridgehead atoms. The monoisotopic (exact) mass is 480 g/mol. The Hall–Kier alpha value is -2.44. The Morgan fingerprint density at radius 1 is 1.23 bits per heavy atom. The van der Waals surface area contributed by atoms with Crippen molar-refractivity contribution in [2.24, 2.45) is 33.3 Å². The number of nitrogens with zero attached hydrogens (tertiary/aromatic N) is 2. The average Bonchev–Trinajstić information content (AvgIpc) is 3.16. The normalized spacial score (nSPS) is 33.3. The summed E-state index contributed by atoms with van der Waals surface area (Å²) in [5, 5.41) is 16.9. The molecule has 7 heteroatoms. The molecule has 4 aliphatic carbocycles. The Bertz CT molecular complexity index is 994. The number of aliphatic imine (C=N–C) groups is 1. The molecule has 0 aromatic rings. The third-order valence-electron chi connectivity index (χ3n) is 9.21. The molecule has 5 aliphatic rings. The first-order valence-corrected chi connectivity index (χ1v) is 13.8. The Kier molecular flexibility index (Phi) is 7.12. The SMILES string of the molecule is C[C@]12C[C@H](CCCCCC(=O)O)C3=C4CCC(=NNC5=NCCCN5)C=C4CC[C@H]3[C@@H]1CCC2=O. The van der Waals surface area contributed by atoms with Gasteiger partial charge in [-0.15, -0.1) is 0 Å². The Morgan fingerprint density at radius 3 is 2.91 bits per heavy atom. The summed E-state index contributed by atoms with van der Waals surface area (Å²) in [7, 11) is 0. The van der Waals surface area contributed by atoms with E-state index in [2.05, 4.69) is 33.8 Å². The largest absolute Gasteiger partial charge is 0.481 e. The van der Waals surface area contributed by atoms with E-state index < -0.39 is 5.97 Å². The van der Waals surface area contributed by atoms with Crippen molar-refractivity contribution in [3.63, 3.8) is 0 Å². The number of carboxylic acids is 1. The van der Waals surface area contributed by atoms with Crippen molar-refractivity contribution >= 4 is 23.4 Å². The number of guanidine groups is 1. The fraction of sp³-hybridized carbons (Fsp3) is 0.714. The van der Waals surface area contributed by atoms with Gasteiger partial charge in [0.1, 0.15) is 5.78 Å². The minimum atomic E-state index is -0.706. The van der Waals surface area contributed by atoms with Crippen molar-refractivity contribution in [2.45, 2.75) is 90.4 Å². The topological polar surface area (TPSA) is 103 Å². The summed E-state index contributed by atoms with van der Waals surface area (Å²) in [5.41, 5.74) is 8.72. The number of fused-ring (bicyclic) bond motifs is 4. The zero-order valence-corrected chi connectivity index (χ0v) is 21.1. The van der Waals surface area contributed by atoms with Crippen LogP contribution in [0.2, 0.25) is 0 Å². The molecule has 190 valence electrons. The van der Waals surface area contributed by atoms with Crippen LogP contribution in [0.25, 0.3) is 0 Å². The van der Waals surface area contributed by atoms with Crippen LogP contribution in [-0.2, 0) is 9.59 Å². The van der Waals surface area contributed by atoms with Crippen LogP contribution in [0.5, 0.6) is 0 Å². The minimum absolute atomic E-state index is 0.166. The number of carbonyl (C=O) groups is 2. The Morgan fingerprint density at radius 2 is 2.11 bits per heavy atom. The maximum Gasteiger partial charge on any atom is 0.303 e. The van der Waals surface area contributed by atoms with E-state index in [4.69, 9.17) is 5.11 Å². The van der Waals surface area contributed by atoms with Gasteiger partial charge in [0.15, 0.2) is 0 Å². The highest BCUT2D eigenvalue weighted by Gasteiger charge is 2.55. The maximum absolute atomic E-state index is 13.0. The van der Waals surface area contributed by atoms with Crippen LogP contribution < -0.4 is 10.7 Å². The van der Waals surface area contributed by atoms with Crippen LogP contribution in [-0.4, -0.2) is 41.6 Å². The first kappa shape index (κ1) is 24.3. The second-order valence-corrected chi connectivity index (χ2v) is 11.4. The highest BCUT2D eigenvalue weighted by molar-refractivity contribution is 5.98. The Labute approximate surface area is 208 Å². The highest BCUT2D eigenvalue weighted by atomic mass is 16.4. The molecule has 1 heterocycles. The molecule has 1 aliphatic heterocycles. The lowest BCUT2D eigenvalue weighted by Crippen LogP contribution is -2.44. The lowest BCUT2D eigenvalue weighted by atomic mass is 9.53. The quantitative estimate of drug-likeness (QED) is 0.360. The number of allylic oxidation sites excluding steroid dienone is 4. The van der Waals surface area contributed by atoms with Crippen LogP contribution in [0.15, 0.2) is 32.9 Å². The summed E-state index contributed by atoms with van der Waals surface area (Å²) in [6.07, 6.45) is 14.4. The molecule has 4 atom stereocenters. The highest BCUT2D eigenvalue weighted by Crippen LogP contribution is 2.61. The fourth-order valence-corrected chi connectivity index (χ4v) is 7.54. The van der Waals surface area contributed by atoms with Crippen LogP contribution in [0.4, 0.5) is 0 Å². The van der Waals surface area contributed by atoms with E-state index in [1.165, 1.54) is 5.57 Å². The van der Waals surface area contributed by atoms with Crippen LogP contribution in [0, 0.1) is 23.2 Å². The van der Waals surface area contributed by atoms with Gasteiger partial charge < -0.3 is 10.4 Å². The van der Waals surface area contributed by atoms with E-state index in [1.54, 1.807) is 11.1 Å². The van der Waals surface area contributed by atoms with Crippen LogP contribution in [0.3, 0.4) is 0 Å². The molecule has 0 amide bonds. The molecule has 0 radical (unpaired) electrons. The fourth-order valence-electron chi connectivity index (χ4n) is 7.54. The van der Waals surface area contributed by atoms with Gasteiger partial charge in [-0.05, 0) is 92.8 Å². The zero-order chi connectivity index (χ0) is 24.4. The number of hydrogen-bond acceptors (Lipinski definition) is 6. The number of carbonyl (C=O) groups excluding carboxylic acids is 1. The standard InChI is InChI=1S/C28H40N4O3/c1-28-17-19(6-3-2-4-7-25(34)35)26-21-11-9-20(31-32-27-29-14-5-15-30-27)16-18(21)8-10-22(26)23(28)12-13-24(28)33/h16,19,22-23H,2-15,17H2,1H3,(H,34,35)(H2,29,30,32)/t19-,22-,23-,28-/m0/s1. The summed E-state index contributed by atoms with van der Waals surface area (Å²) in [6.45, 7) is 4.03. The lowest BCUT2D eigenvalue weighted by Gasteiger charge is -2.50. The van der Waals surface area contributed by atoms with Gasteiger partial charge in [0.05, 0.1) is 5.71 Å². The van der Waals surface area contributed by atoms with E-state index in [9.17, 15) is 9.59 Å². The Balaban J connectivity index is 1.37. The summed E-state index contributed by atoms with van der Waals surface area (Å²) in [5.74, 6) is 2.03. The number of unbranched alkanes of at least 4 members (excludes halogenated alkanes) is 2. The number of ketones is 1. The van der Waals surface area contributed by atoms with Gasteiger partial charge in [0, 0.05) is 31.3 Å². The molecule has 0 aromatic carbocycles. The molecule has 0 saturated heterocycles. The molecule has 0 aromatic heterocycles. The smallest absolute Gasteiger partial charge is 0.303 e. The van der Waals surface area contributed by atoms with E-state index in [1.807, 2.05) is 0 Å². The molecule has 0 unspecified atom stereocenters. The number of aliphatic carboxylic acids is 1. The second kappa shape index (κ2) is 10.3. The van der Waals surface area contributed by atoms with Gasteiger partial charge in [-0.25, -0.2) is 5.43 Å². The minimum Gasteiger partial charge on any atom is -0.481 e. The molecule has 2 fully saturated rings. The van der Waals surface area contributed by atoms with Gasteiger partial charge in [-0.3, -0.25) is 14.6 Å². The summed E-state index contributed by atoms with van der Waals surface area (Å²) < 4.78 is 0. The second-order valence-electron chi connectivity index (χ2n) is 11.4. The summed E-state index contributed by atoms with van der Waals surface area (Å²) >= 11 is 0. The van der Waals surface area contributed by atoms with Crippen molar-refractivity contribution in [1.29, 1.82) is 0 Å². The van der Waals surface area contributed by atoms with Crippen molar-refractivity contribution in [3.8, 4) is 0 Å². The average molecular weight is 481 g/mol. The number of hydrazone groups is 1. The van der Waals surface area contributed by atoms with Crippen molar-refractivity contribution < 1.29 is 14.7 Å². The molecule has 35 heavy (non-hydrogen) atoms. The van der Waals surface area contributed by atoms with Gasteiger partial charge in [0.25, 0.3) is 0 Å². The lowest BCUT2D eigenvalue weighted by molar-refractivity contribution is -0.137. The van der Waals surface area contributed by atoms with E-state index in [-0.39, 0.29) is 11.8 Å². The van der Waals surface area contributed by atoms with Gasteiger partial charge in [-0.1, -0.05) is 25.3 Å². The van der Waals surface area contributed by atoms with E-state index in [0.717, 1.165) is 102 Å². The number of rotatable bonds is 7. The van der Waals surface area contributed by atoms with Gasteiger partial charge in [-0.2, -0.15) is 5.10 Å². The van der Waals surface area contributed by atoms with E-state index in [0.29, 0.717) is 23.5 Å². The molecular formula is C28H40N4O3. The predicted octanol–water partition coefficient (Wildman–Crippen LogP) is 4.75. The van der Waals surface area contributed by atoms with Crippen molar-refractivity contribution in [1.82, 2.24) is 10.7 Å². The molecule has 2 saturated carbocycles. The number of carboxylic acid groups (broad SMARTS) is 1. The van der Waals surface area contributed by atoms with Crippen LogP contribution >= 0.6 is 0 Å². The predicted molar refractivity (Wildman–Crippen MR) is 137 cm³/mol. The first-order valence-electron chi connectivity index (χ1n) is 13.8. The molecular weight excluding hydrogens is 440 g/mol.